The van der Waals surface area contributed by atoms with E-state index in [1.54, 1.807) is 0 Å². The Labute approximate surface area is 93.0 Å². The molecule has 0 rings (SSSR count). The van der Waals surface area contributed by atoms with Gasteiger partial charge in [-0.3, -0.25) is 9.69 Å². The van der Waals surface area contributed by atoms with Crippen LogP contribution in [0.3, 0.4) is 0 Å². The monoisotopic (exact) mass is 215 g/mol. The maximum Gasteiger partial charge on any atom is 0.221 e. The lowest BCUT2D eigenvalue weighted by Crippen LogP contribution is -2.53. The normalized spacial score (nSPS) is 17.5. The molecule has 0 bridgehead atoms. The molecular weight excluding hydrogens is 190 g/mol. The lowest BCUT2D eigenvalue weighted by atomic mass is 9.95. The molecule has 0 saturated heterocycles. The van der Waals surface area contributed by atoms with E-state index in [0.29, 0.717) is 13.1 Å². The summed E-state index contributed by atoms with van der Waals surface area (Å²) in [7, 11) is 0. The molecule has 0 fully saturated rings. The number of hydrogen-bond acceptors (Lipinski definition) is 3. The van der Waals surface area contributed by atoms with Crippen LogP contribution in [0.1, 0.15) is 34.1 Å². The highest BCUT2D eigenvalue weighted by molar-refractivity contribution is 5.76. The molecular formula is C11H25N3O. The first-order valence-electron chi connectivity index (χ1n) is 5.65. The third kappa shape index (κ3) is 3.80. The van der Waals surface area contributed by atoms with E-state index < -0.39 is 0 Å². The SMILES string of the molecule is CCN(CC(C)C(N)=O)C(C)(CC)CN. The first-order valence-corrected chi connectivity index (χ1v) is 5.65. The van der Waals surface area contributed by atoms with E-state index in [9.17, 15) is 4.79 Å². The highest BCUT2D eigenvalue weighted by Gasteiger charge is 2.29. The second kappa shape index (κ2) is 6.08. The van der Waals surface area contributed by atoms with E-state index in [-0.39, 0.29) is 17.4 Å². The minimum atomic E-state index is -0.246. The molecule has 2 atom stereocenters. The van der Waals surface area contributed by atoms with Gasteiger partial charge in [-0.25, -0.2) is 0 Å². The van der Waals surface area contributed by atoms with Gasteiger partial charge >= 0.3 is 0 Å². The van der Waals surface area contributed by atoms with Crippen LogP contribution in [0, 0.1) is 5.92 Å². The number of carbonyl (C=O) groups excluding carboxylic acids is 1. The van der Waals surface area contributed by atoms with E-state index in [4.69, 9.17) is 11.5 Å². The molecule has 0 aromatic heterocycles. The van der Waals surface area contributed by atoms with E-state index >= 15 is 0 Å². The lowest BCUT2D eigenvalue weighted by molar-refractivity contribution is -0.122. The summed E-state index contributed by atoms with van der Waals surface area (Å²) in [6.45, 7) is 10.4. The van der Waals surface area contributed by atoms with Crippen LogP contribution in [0.25, 0.3) is 0 Å². The van der Waals surface area contributed by atoms with Crippen molar-refractivity contribution in [2.45, 2.75) is 39.7 Å². The van der Waals surface area contributed by atoms with Crippen LogP contribution in [0.4, 0.5) is 0 Å². The first kappa shape index (κ1) is 14.4. The minimum Gasteiger partial charge on any atom is -0.369 e. The zero-order chi connectivity index (χ0) is 12.1. The molecule has 0 aromatic carbocycles. The summed E-state index contributed by atoms with van der Waals surface area (Å²) in [5.74, 6) is -0.369. The zero-order valence-electron chi connectivity index (χ0n) is 10.4. The average Bonchev–Trinajstić information content (AvgIpc) is 2.24. The van der Waals surface area contributed by atoms with Gasteiger partial charge in [-0.15, -0.1) is 0 Å². The van der Waals surface area contributed by atoms with Gasteiger partial charge in [0.05, 0.1) is 0 Å². The predicted molar refractivity (Wildman–Crippen MR) is 63.4 cm³/mol. The Hall–Kier alpha value is -0.610. The van der Waals surface area contributed by atoms with Crippen molar-refractivity contribution in [3.8, 4) is 0 Å². The number of likely N-dealkylation sites (N-methyl/N-ethyl adjacent to an activating group) is 1. The molecule has 4 N–H and O–H groups in total. The van der Waals surface area contributed by atoms with E-state index in [0.717, 1.165) is 13.0 Å². The van der Waals surface area contributed by atoms with Crippen LogP contribution in [-0.2, 0) is 4.79 Å². The topological polar surface area (TPSA) is 72.3 Å². The number of hydrogen-bond donors (Lipinski definition) is 2. The van der Waals surface area contributed by atoms with Crippen molar-refractivity contribution in [1.82, 2.24) is 4.90 Å². The molecule has 4 heteroatoms. The van der Waals surface area contributed by atoms with Crippen molar-refractivity contribution in [3.63, 3.8) is 0 Å². The van der Waals surface area contributed by atoms with Gasteiger partial charge in [-0.1, -0.05) is 20.8 Å². The summed E-state index contributed by atoms with van der Waals surface area (Å²) < 4.78 is 0. The van der Waals surface area contributed by atoms with Crippen molar-refractivity contribution < 1.29 is 4.79 Å². The van der Waals surface area contributed by atoms with Gasteiger partial charge in [0.15, 0.2) is 0 Å². The smallest absolute Gasteiger partial charge is 0.221 e. The van der Waals surface area contributed by atoms with Crippen LogP contribution in [-0.4, -0.2) is 36.0 Å². The molecule has 0 heterocycles. The molecule has 0 spiro atoms. The molecule has 0 aromatic rings. The number of amides is 1. The molecule has 2 unspecified atom stereocenters. The number of rotatable bonds is 7. The first-order chi connectivity index (χ1) is 6.91. The predicted octanol–water partition coefficient (Wildman–Crippen LogP) is 0.557. The number of primary amides is 1. The Morgan fingerprint density at radius 3 is 2.27 bits per heavy atom. The van der Waals surface area contributed by atoms with Crippen LogP contribution in [0.2, 0.25) is 0 Å². The average molecular weight is 215 g/mol. The van der Waals surface area contributed by atoms with Crippen LogP contribution in [0.15, 0.2) is 0 Å². The van der Waals surface area contributed by atoms with E-state index in [1.165, 1.54) is 0 Å². The van der Waals surface area contributed by atoms with Gasteiger partial charge in [0, 0.05) is 24.5 Å². The van der Waals surface area contributed by atoms with Gasteiger partial charge in [-0.05, 0) is 19.9 Å². The van der Waals surface area contributed by atoms with Crippen molar-refractivity contribution in [2.24, 2.45) is 17.4 Å². The largest absolute Gasteiger partial charge is 0.369 e. The third-order valence-corrected chi connectivity index (χ3v) is 3.33. The maximum atomic E-state index is 11.0. The third-order valence-electron chi connectivity index (χ3n) is 3.33. The molecule has 15 heavy (non-hydrogen) atoms. The molecule has 90 valence electrons. The quantitative estimate of drug-likeness (QED) is 0.651. The molecule has 0 aliphatic rings. The van der Waals surface area contributed by atoms with Gasteiger partial charge in [0.2, 0.25) is 5.91 Å². The molecule has 4 nitrogen and oxygen atoms in total. The number of nitrogens with two attached hydrogens (primary N) is 2. The Morgan fingerprint density at radius 2 is 2.00 bits per heavy atom. The second-order valence-corrected chi connectivity index (χ2v) is 4.40. The molecule has 1 amide bonds. The molecule has 0 saturated carbocycles. The van der Waals surface area contributed by atoms with Gasteiger partial charge < -0.3 is 11.5 Å². The Morgan fingerprint density at radius 1 is 1.47 bits per heavy atom. The summed E-state index contributed by atoms with van der Waals surface area (Å²) in [6, 6.07) is 0. The van der Waals surface area contributed by atoms with Crippen molar-refractivity contribution in [3.05, 3.63) is 0 Å². The van der Waals surface area contributed by atoms with Crippen LogP contribution >= 0.6 is 0 Å². The van der Waals surface area contributed by atoms with Gasteiger partial charge in [0.1, 0.15) is 0 Å². The van der Waals surface area contributed by atoms with Crippen LogP contribution < -0.4 is 11.5 Å². The van der Waals surface area contributed by atoms with Crippen LogP contribution in [0.5, 0.6) is 0 Å². The summed E-state index contributed by atoms with van der Waals surface area (Å²) in [5, 5.41) is 0. The second-order valence-electron chi connectivity index (χ2n) is 4.40. The Balaban J connectivity index is 4.54. The van der Waals surface area contributed by atoms with Gasteiger partial charge in [-0.2, -0.15) is 0 Å². The minimum absolute atomic E-state index is 0.0293. The zero-order valence-corrected chi connectivity index (χ0v) is 10.4. The summed E-state index contributed by atoms with van der Waals surface area (Å²) in [5.41, 5.74) is 11.0. The standard InChI is InChI=1S/C11H25N3O/c1-5-11(4,8-12)14(6-2)7-9(3)10(13)15/h9H,5-8,12H2,1-4H3,(H2,13,15). The summed E-state index contributed by atoms with van der Waals surface area (Å²) in [4.78, 5) is 13.3. The fraction of sp³-hybridized carbons (Fsp3) is 0.909. The summed E-state index contributed by atoms with van der Waals surface area (Å²) in [6.07, 6.45) is 0.975. The Kier molecular flexibility index (Phi) is 5.83. The Bertz CT molecular complexity index is 202. The number of carbonyl (C=O) groups is 1. The van der Waals surface area contributed by atoms with Gasteiger partial charge in [0.25, 0.3) is 0 Å². The fourth-order valence-corrected chi connectivity index (χ4v) is 1.65. The highest BCUT2D eigenvalue weighted by atomic mass is 16.1. The number of nitrogens with zero attached hydrogens (tertiary/aromatic N) is 1. The molecule has 0 aliphatic heterocycles. The van der Waals surface area contributed by atoms with E-state index in [1.807, 2.05) is 6.92 Å². The molecule has 0 aliphatic carbocycles. The maximum absolute atomic E-state index is 11.0. The van der Waals surface area contributed by atoms with Crippen molar-refractivity contribution in [2.75, 3.05) is 19.6 Å². The highest BCUT2D eigenvalue weighted by Crippen LogP contribution is 2.19. The molecule has 0 radical (unpaired) electrons. The fourth-order valence-electron chi connectivity index (χ4n) is 1.65. The van der Waals surface area contributed by atoms with E-state index in [2.05, 4.69) is 25.7 Å². The van der Waals surface area contributed by atoms with Crippen molar-refractivity contribution in [1.29, 1.82) is 0 Å². The lowest BCUT2D eigenvalue weighted by Gasteiger charge is -2.40. The summed E-state index contributed by atoms with van der Waals surface area (Å²) >= 11 is 0. The van der Waals surface area contributed by atoms with Crippen molar-refractivity contribution >= 4 is 5.91 Å².